The fourth-order valence-corrected chi connectivity index (χ4v) is 8.13. The van der Waals surface area contributed by atoms with Gasteiger partial charge in [-0.05, 0) is 48.5 Å². The maximum Gasteiger partial charge on any atom is 0.0620 e. The van der Waals surface area contributed by atoms with Gasteiger partial charge in [0.15, 0.2) is 0 Å². The first-order chi connectivity index (χ1) is 22.3. The Bertz CT molecular complexity index is 2930. The first-order valence-corrected chi connectivity index (χ1v) is 15.5. The molecule has 0 spiro atoms. The highest BCUT2D eigenvalue weighted by atomic mass is 15.0. The lowest BCUT2D eigenvalue weighted by Gasteiger charge is -2.12. The average molecular weight is 572 g/mol. The fourth-order valence-electron chi connectivity index (χ4n) is 8.13. The number of nitrogens with zero attached hydrogens (tertiary/aromatic N) is 3. The molecule has 0 amide bonds. The third kappa shape index (κ3) is 2.90. The number of rotatable bonds is 2. The molecular formula is C42H25N3. The second-order valence-electron chi connectivity index (χ2n) is 12.2. The van der Waals surface area contributed by atoms with Crippen LogP contribution in [-0.4, -0.2) is 13.5 Å². The average Bonchev–Trinajstić information content (AvgIpc) is 3.82. The zero-order chi connectivity index (χ0) is 29.2. The Kier molecular flexibility index (Phi) is 4.32. The van der Waals surface area contributed by atoms with Crippen LogP contribution in [0.2, 0.25) is 0 Å². The van der Waals surface area contributed by atoms with E-state index in [0.717, 1.165) is 11.4 Å². The summed E-state index contributed by atoms with van der Waals surface area (Å²) in [6.45, 7) is 0. The molecule has 0 aliphatic rings. The summed E-state index contributed by atoms with van der Waals surface area (Å²) < 4.78 is 7.33. The topological polar surface area (TPSA) is 14.3 Å². The molecule has 4 heterocycles. The van der Waals surface area contributed by atoms with Crippen LogP contribution < -0.4 is 0 Å². The molecule has 45 heavy (non-hydrogen) atoms. The van der Waals surface area contributed by atoms with Crippen molar-refractivity contribution in [2.45, 2.75) is 0 Å². The Hall–Kier alpha value is -6.06. The predicted octanol–water partition coefficient (Wildman–Crippen LogP) is 11.0. The van der Waals surface area contributed by atoms with Crippen LogP contribution in [0, 0.1) is 0 Å². The quantitative estimate of drug-likeness (QED) is 0.196. The monoisotopic (exact) mass is 571 g/mol. The molecule has 0 fully saturated rings. The van der Waals surface area contributed by atoms with E-state index in [2.05, 4.69) is 165 Å². The fraction of sp³-hybridized carbons (Fsp3) is 0. The first-order valence-electron chi connectivity index (χ1n) is 15.5. The van der Waals surface area contributed by atoms with Gasteiger partial charge in [0.25, 0.3) is 0 Å². The maximum absolute atomic E-state index is 2.47. The molecule has 3 heteroatoms. The molecule has 11 aromatic rings. The third-order valence-corrected chi connectivity index (χ3v) is 9.96. The van der Waals surface area contributed by atoms with Crippen molar-refractivity contribution in [3.05, 3.63) is 152 Å². The third-order valence-electron chi connectivity index (χ3n) is 9.96. The number of hydrogen-bond donors (Lipinski definition) is 0. The molecule has 0 bridgehead atoms. The highest BCUT2D eigenvalue weighted by Gasteiger charge is 2.20. The van der Waals surface area contributed by atoms with Crippen LogP contribution in [0.25, 0.3) is 93.1 Å². The maximum atomic E-state index is 2.47. The Morgan fingerprint density at radius 3 is 1.20 bits per heavy atom. The second-order valence-corrected chi connectivity index (χ2v) is 12.2. The lowest BCUT2D eigenvalue weighted by Crippen LogP contribution is -1.97. The molecule has 0 saturated carbocycles. The Morgan fingerprint density at radius 2 is 0.644 bits per heavy atom. The van der Waals surface area contributed by atoms with E-state index < -0.39 is 0 Å². The minimum Gasteiger partial charge on any atom is -0.309 e. The number of hydrogen-bond acceptors (Lipinski definition) is 0. The zero-order valence-electron chi connectivity index (χ0n) is 24.3. The number of benzene rings is 7. The smallest absolute Gasteiger partial charge is 0.0620 e. The van der Waals surface area contributed by atoms with Gasteiger partial charge in [0.2, 0.25) is 0 Å². The highest BCUT2D eigenvalue weighted by Crippen LogP contribution is 2.41. The SMILES string of the molecule is c1ccc2c(c1)c1ccccc1n2-c1ccc2c3ccccc3n(-c3ccc4c5cccc6c7ccccc7n(c4c3)c65)c2c1. The van der Waals surface area contributed by atoms with Gasteiger partial charge in [-0.15, -0.1) is 0 Å². The van der Waals surface area contributed by atoms with Crippen LogP contribution >= 0.6 is 0 Å². The molecule has 0 atom stereocenters. The summed E-state index contributed by atoms with van der Waals surface area (Å²) in [7, 11) is 0. The van der Waals surface area contributed by atoms with Crippen molar-refractivity contribution < 1.29 is 0 Å². The van der Waals surface area contributed by atoms with E-state index in [1.54, 1.807) is 0 Å². The van der Waals surface area contributed by atoms with Gasteiger partial charge in [-0.25, -0.2) is 0 Å². The van der Waals surface area contributed by atoms with Crippen LogP contribution in [-0.2, 0) is 0 Å². The summed E-state index contributed by atoms with van der Waals surface area (Å²) in [6.07, 6.45) is 0. The molecule has 3 nitrogen and oxygen atoms in total. The van der Waals surface area contributed by atoms with Crippen LogP contribution in [0.1, 0.15) is 0 Å². The molecule has 0 aliphatic carbocycles. The van der Waals surface area contributed by atoms with Gasteiger partial charge in [-0.1, -0.05) is 103 Å². The second kappa shape index (κ2) is 8.31. The lowest BCUT2D eigenvalue weighted by molar-refractivity contribution is 1.16. The largest absolute Gasteiger partial charge is 0.309 e. The number of para-hydroxylation sites is 5. The summed E-state index contributed by atoms with van der Waals surface area (Å²) in [5, 5.41) is 10.3. The van der Waals surface area contributed by atoms with Crippen LogP contribution in [0.15, 0.2) is 152 Å². The predicted molar refractivity (Wildman–Crippen MR) is 190 cm³/mol. The minimum atomic E-state index is 1.16. The highest BCUT2D eigenvalue weighted by molar-refractivity contribution is 6.23. The van der Waals surface area contributed by atoms with Crippen molar-refractivity contribution in [1.82, 2.24) is 13.5 Å². The summed E-state index contributed by atoms with van der Waals surface area (Å²) in [5.41, 5.74) is 11.0. The molecule has 0 aliphatic heterocycles. The van der Waals surface area contributed by atoms with Gasteiger partial charge in [-0.2, -0.15) is 0 Å². The minimum absolute atomic E-state index is 1.16. The summed E-state index contributed by atoms with van der Waals surface area (Å²) in [4.78, 5) is 0. The van der Waals surface area contributed by atoms with E-state index in [1.165, 1.54) is 81.7 Å². The van der Waals surface area contributed by atoms with E-state index in [9.17, 15) is 0 Å². The van der Waals surface area contributed by atoms with Crippen molar-refractivity contribution >= 4 is 81.7 Å². The van der Waals surface area contributed by atoms with Crippen molar-refractivity contribution in [2.24, 2.45) is 0 Å². The molecule has 0 N–H and O–H groups in total. The molecule has 11 rings (SSSR count). The van der Waals surface area contributed by atoms with Gasteiger partial charge in [-0.3, -0.25) is 0 Å². The summed E-state index contributed by atoms with van der Waals surface area (Å²) >= 11 is 0. The molecular weight excluding hydrogens is 546 g/mol. The zero-order valence-corrected chi connectivity index (χ0v) is 24.3. The van der Waals surface area contributed by atoms with E-state index >= 15 is 0 Å². The molecule has 0 saturated heterocycles. The van der Waals surface area contributed by atoms with E-state index in [4.69, 9.17) is 0 Å². The Labute approximate surface area is 257 Å². The number of fused-ring (bicyclic) bond motifs is 12. The lowest BCUT2D eigenvalue weighted by atomic mass is 10.1. The van der Waals surface area contributed by atoms with Gasteiger partial charge in [0.05, 0.1) is 38.6 Å². The molecule has 208 valence electrons. The van der Waals surface area contributed by atoms with Crippen LogP contribution in [0.5, 0.6) is 0 Å². The van der Waals surface area contributed by atoms with Crippen molar-refractivity contribution in [3.63, 3.8) is 0 Å². The molecule has 7 aromatic carbocycles. The summed E-state index contributed by atoms with van der Waals surface area (Å²) in [5.74, 6) is 0. The van der Waals surface area contributed by atoms with E-state index in [0.29, 0.717) is 0 Å². The van der Waals surface area contributed by atoms with Gasteiger partial charge in [0, 0.05) is 54.5 Å². The first kappa shape index (κ1) is 23.4. The van der Waals surface area contributed by atoms with Crippen LogP contribution in [0.4, 0.5) is 0 Å². The van der Waals surface area contributed by atoms with E-state index in [-0.39, 0.29) is 0 Å². The molecule has 0 unspecified atom stereocenters. The molecule has 4 aromatic heterocycles. The normalized spacial score (nSPS) is 12.4. The Balaban J connectivity index is 1.25. The van der Waals surface area contributed by atoms with Crippen molar-refractivity contribution in [3.8, 4) is 11.4 Å². The van der Waals surface area contributed by atoms with Crippen molar-refractivity contribution in [2.75, 3.05) is 0 Å². The van der Waals surface area contributed by atoms with Gasteiger partial charge < -0.3 is 13.5 Å². The Morgan fingerprint density at radius 1 is 0.267 bits per heavy atom. The van der Waals surface area contributed by atoms with E-state index in [1.807, 2.05) is 0 Å². The van der Waals surface area contributed by atoms with Crippen molar-refractivity contribution in [1.29, 1.82) is 0 Å². The summed E-state index contributed by atoms with van der Waals surface area (Å²) in [6, 6.07) is 55.7. The standard InChI is InChI=1S/C42H25N3/c1-5-16-36-28(10-1)29-11-2-6-17-37(29)43(36)26-20-22-32-30-12-3-7-18-38(30)44(40(32)24-26)27-21-23-33-35-15-9-14-34-31-13-4-8-19-39(31)45(42(34)35)41(33)25-27/h1-25H. The number of aromatic nitrogens is 3. The van der Waals surface area contributed by atoms with Gasteiger partial charge >= 0.3 is 0 Å². The molecule has 0 radical (unpaired) electrons. The van der Waals surface area contributed by atoms with Gasteiger partial charge in [0.1, 0.15) is 0 Å². The van der Waals surface area contributed by atoms with Crippen LogP contribution in [0.3, 0.4) is 0 Å².